The molecule has 0 spiro atoms. The summed E-state index contributed by atoms with van der Waals surface area (Å²) in [5.74, 6) is 1.09. The van der Waals surface area contributed by atoms with E-state index >= 15 is 0 Å². The monoisotopic (exact) mass is 440 g/mol. The minimum absolute atomic E-state index is 0.321. The molecule has 1 aromatic heterocycles. The van der Waals surface area contributed by atoms with Crippen LogP contribution in [0.15, 0.2) is 49.1 Å². The van der Waals surface area contributed by atoms with Gasteiger partial charge in [-0.1, -0.05) is 24.8 Å². The molecule has 33 heavy (non-hydrogen) atoms. The molecule has 0 radical (unpaired) electrons. The minimum Gasteiger partial charge on any atom is -0.568 e. The first kappa shape index (κ1) is 23.0. The van der Waals surface area contributed by atoms with Gasteiger partial charge >= 0.3 is 8.05 Å². The lowest BCUT2D eigenvalue weighted by molar-refractivity contribution is 0.183. The first-order chi connectivity index (χ1) is 16.0. The normalized spacial score (nSPS) is 16.3. The number of pyridine rings is 1. The Labute approximate surface area is 196 Å². The minimum atomic E-state index is 0.321. The van der Waals surface area contributed by atoms with Crippen molar-refractivity contribution in [3.05, 3.63) is 65.2 Å². The van der Waals surface area contributed by atoms with Gasteiger partial charge in [0.05, 0.1) is 22.3 Å². The Morgan fingerprint density at radius 1 is 1.18 bits per heavy atom. The molecule has 1 aliphatic rings. The van der Waals surface area contributed by atoms with E-state index in [1.807, 2.05) is 49.4 Å². The Balaban J connectivity index is 1.77. The second-order valence-corrected chi connectivity index (χ2v) is 8.41. The van der Waals surface area contributed by atoms with Gasteiger partial charge in [-0.3, -0.25) is 4.90 Å². The zero-order valence-electron chi connectivity index (χ0n) is 19.6. The van der Waals surface area contributed by atoms with Crippen LogP contribution in [0.1, 0.15) is 12.5 Å². The Bertz CT molecular complexity index is 1290. The van der Waals surface area contributed by atoms with Crippen molar-refractivity contribution in [1.29, 1.82) is 0 Å². The van der Waals surface area contributed by atoms with Crippen molar-refractivity contribution in [3.8, 4) is 11.5 Å². The molecule has 0 amide bonds. The third-order valence-corrected chi connectivity index (χ3v) is 6.16. The number of phenolic OH excluding ortho intramolecular Hbond substituents is 1. The van der Waals surface area contributed by atoms with Crippen LogP contribution in [-0.2, 0) is 6.54 Å². The maximum atomic E-state index is 10.5. The van der Waals surface area contributed by atoms with Crippen LogP contribution in [0.5, 0.6) is 11.5 Å². The molecule has 4 rings (SSSR count). The summed E-state index contributed by atoms with van der Waals surface area (Å²) >= 11 is 0. The summed E-state index contributed by atoms with van der Waals surface area (Å²) in [5.41, 5.74) is 3.64. The summed E-state index contributed by atoms with van der Waals surface area (Å²) in [5, 5.41) is 16.9. The lowest BCUT2D eigenvalue weighted by atomic mass is 10.1. The zero-order chi connectivity index (χ0) is 23.4. The number of phenols is 1. The Kier molecular flexibility index (Phi) is 7.06. The topological polar surface area (TPSA) is 60.9 Å². The van der Waals surface area contributed by atoms with Crippen molar-refractivity contribution in [3.63, 3.8) is 0 Å². The average Bonchev–Trinajstić information content (AvgIpc) is 2.83. The number of nitrogens with zero attached hydrogens (tertiary/aromatic N) is 3. The van der Waals surface area contributed by atoms with Crippen LogP contribution < -0.4 is 20.5 Å². The van der Waals surface area contributed by atoms with Gasteiger partial charge in [0.25, 0.3) is 0 Å². The van der Waals surface area contributed by atoms with Gasteiger partial charge in [-0.15, -0.1) is 0 Å². The Hall–Kier alpha value is -3.22. The van der Waals surface area contributed by atoms with Gasteiger partial charge in [-0.2, -0.15) is 0 Å². The van der Waals surface area contributed by atoms with Crippen LogP contribution in [-0.4, -0.2) is 62.0 Å². The first-order valence-electron chi connectivity index (χ1n) is 11.3. The van der Waals surface area contributed by atoms with Gasteiger partial charge in [0.1, 0.15) is 5.75 Å². The first-order valence-corrected chi connectivity index (χ1v) is 11.3. The molecule has 0 aliphatic carbocycles. The number of rotatable bonds is 6. The molecule has 6 nitrogen and oxygen atoms in total. The van der Waals surface area contributed by atoms with Gasteiger partial charge in [0, 0.05) is 41.5 Å². The summed E-state index contributed by atoms with van der Waals surface area (Å²) in [7, 11) is 3.81. The van der Waals surface area contributed by atoms with Crippen molar-refractivity contribution in [1.82, 2.24) is 14.7 Å². The number of nitrogens with one attached hydrogen (secondary N) is 1. The number of aromatic hydroxyl groups is 1. The molecular weight excluding hydrogens is 410 g/mol. The number of aromatic nitrogens is 1. The van der Waals surface area contributed by atoms with Gasteiger partial charge in [0.15, 0.2) is 7.98 Å². The highest BCUT2D eigenvalue weighted by atomic mass is 16.4. The summed E-state index contributed by atoms with van der Waals surface area (Å²) in [6.45, 7) is 10.7. The molecule has 8 heteroatoms. The van der Waals surface area contributed by atoms with Crippen LogP contribution in [0.2, 0.25) is 0 Å². The van der Waals surface area contributed by atoms with Gasteiger partial charge in [-0.05, 0) is 56.4 Å². The molecule has 3 aromatic rings. The fraction of sp³-hybridized carbons (Fsp3) is 0.240. The smallest absolute Gasteiger partial charge is 0.322 e. The third-order valence-electron chi connectivity index (χ3n) is 6.16. The number of hydrogen-bond acceptors (Lipinski definition) is 6. The van der Waals surface area contributed by atoms with Crippen LogP contribution in [0.3, 0.4) is 0 Å². The molecule has 1 aliphatic heterocycles. The van der Waals surface area contributed by atoms with E-state index in [0.29, 0.717) is 5.75 Å². The van der Waals surface area contributed by atoms with E-state index < -0.39 is 0 Å². The Morgan fingerprint density at radius 3 is 2.67 bits per heavy atom. The fourth-order valence-electron chi connectivity index (χ4n) is 4.23. The number of allylic oxidation sites excluding steroid dienone is 1. The van der Waals surface area contributed by atoms with Crippen molar-refractivity contribution < 1.29 is 9.76 Å². The molecule has 2 heterocycles. The number of anilines is 2. The molecule has 2 N–H and O–H groups in total. The zero-order valence-corrected chi connectivity index (χ0v) is 19.6. The lowest BCUT2D eigenvalue weighted by Crippen LogP contribution is -2.44. The van der Waals surface area contributed by atoms with Crippen LogP contribution in [0.4, 0.5) is 11.4 Å². The van der Waals surface area contributed by atoms with E-state index in [9.17, 15) is 5.11 Å². The third kappa shape index (κ3) is 5.07. The van der Waals surface area contributed by atoms with Crippen molar-refractivity contribution in [2.75, 3.05) is 31.5 Å². The van der Waals surface area contributed by atoms with Crippen LogP contribution in [0.25, 0.3) is 23.1 Å². The van der Waals surface area contributed by atoms with E-state index in [1.165, 1.54) is 0 Å². The van der Waals surface area contributed by atoms with Gasteiger partial charge < -0.3 is 19.9 Å². The number of hydrogen-bond donors (Lipinski definition) is 2. The number of benzene rings is 2. The highest BCUT2D eigenvalue weighted by Gasteiger charge is 2.16. The lowest BCUT2D eigenvalue weighted by Gasteiger charge is -2.32. The molecule has 0 bridgehead atoms. The molecule has 0 saturated carbocycles. The maximum absolute atomic E-state index is 10.5. The van der Waals surface area contributed by atoms with Gasteiger partial charge in [0.2, 0.25) is 0 Å². The summed E-state index contributed by atoms with van der Waals surface area (Å²) in [4.78, 5) is 9.54. The van der Waals surface area contributed by atoms with Crippen molar-refractivity contribution in [2.45, 2.75) is 13.5 Å². The Morgan fingerprint density at radius 2 is 1.97 bits per heavy atom. The fourth-order valence-corrected chi connectivity index (χ4v) is 4.23. The van der Waals surface area contributed by atoms with Crippen molar-refractivity contribution >= 4 is 50.5 Å². The predicted molar refractivity (Wildman–Crippen MR) is 142 cm³/mol. The van der Waals surface area contributed by atoms with Crippen molar-refractivity contribution in [2.24, 2.45) is 0 Å². The van der Waals surface area contributed by atoms with E-state index in [4.69, 9.17) is 9.64 Å². The maximum Gasteiger partial charge on any atom is 0.322 e. The van der Waals surface area contributed by atoms with E-state index in [2.05, 4.69) is 29.6 Å². The second kappa shape index (κ2) is 10.1. The van der Waals surface area contributed by atoms with Crippen LogP contribution in [0, 0.1) is 0 Å². The molecule has 2 aromatic carbocycles. The second-order valence-electron chi connectivity index (χ2n) is 8.41. The molecule has 168 valence electrons. The summed E-state index contributed by atoms with van der Waals surface area (Å²) < 4.78 is 5.48. The standard InChI is InChI=1S/C25H30B2N4O2/c1-3-5-20-22(4-2)29-23-8-7-19(33-27)15-21(23)25(20)28-18-6-9-24(32)17(14-18)16-30-10-12-31(26)13-11-30/h3-9,14-15,28,32H,1,10-13,16,26-27H2,2H3/b20-5+,22-4+. The number of piperazine rings is 1. The summed E-state index contributed by atoms with van der Waals surface area (Å²) in [6.07, 6.45) is 5.74. The number of fused-ring (bicyclic) bond motifs is 1. The highest BCUT2D eigenvalue weighted by Crippen LogP contribution is 2.28. The SMILES string of the molecule is BOc1ccc2nc(=C/C)/c(=C\C=C)c(Nc3ccc(O)c(CN4CCN(B)CC4)c3)c2c1. The molecule has 1 fully saturated rings. The quantitative estimate of drug-likeness (QED) is 0.442. The van der Waals surface area contributed by atoms with E-state index in [-0.39, 0.29) is 0 Å². The predicted octanol–water partition coefficient (Wildman–Crippen LogP) is 1.04. The molecule has 0 unspecified atom stereocenters. The molecule has 0 atom stereocenters. The molecule has 1 saturated heterocycles. The van der Waals surface area contributed by atoms with E-state index in [0.717, 1.165) is 76.9 Å². The average molecular weight is 440 g/mol. The van der Waals surface area contributed by atoms with Crippen LogP contribution >= 0.6 is 0 Å². The molecular formula is C25H30B2N4O2. The highest BCUT2D eigenvalue weighted by molar-refractivity contribution is 6.04. The van der Waals surface area contributed by atoms with E-state index in [1.54, 1.807) is 20.2 Å². The largest absolute Gasteiger partial charge is 0.568 e. The van der Waals surface area contributed by atoms with Gasteiger partial charge in [-0.25, -0.2) is 4.98 Å². The summed E-state index contributed by atoms with van der Waals surface area (Å²) in [6, 6.07) is 11.6.